The zero-order chi connectivity index (χ0) is 16.2. The summed E-state index contributed by atoms with van der Waals surface area (Å²) in [5.74, 6) is 0.819. The van der Waals surface area contributed by atoms with Crippen molar-refractivity contribution in [1.82, 2.24) is 21.2 Å². The van der Waals surface area contributed by atoms with E-state index in [1.807, 2.05) is 32.0 Å². The Morgan fingerprint density at radius 1 is 1.17 bits per heavy atom. The third kappa shape index (κ3) is 4.00. The van der Waals surface area contributed by atoms with E-state index in [-0.39, 0.29) is 36.1 Å². The Bertz CT molecular complexity index is 507. The van der Waals surface area contributed by atoms with E-state index in [1.54, 1.807) is 6.20 Å². The highest BCUT2D eigenvalue weighted by atomic mass is 16.5. The van der Waals surface area contributed by atoms with Gasteiger partial charge in [-0.3, -0.25) is 15.6 Å². The SMILES string of the molecule is CC1NNC(C)C1C(=O)NC1CCC(Oc2ccccn2)CC1. The van der Waals surface area contributed by atoms with Gasteiger partial charge in [-0.15, -0.1) is 0 Å². The first-order chi connectivity index (χ1) is 11.1. The van der Waals surface area contributed by atoms with Gasteiger partial charge >= 0.3 is 0 Å². The molecule has 2 atom stereocenters. The minimum absolute atomic E-state index is 0.0162. The number of rotatable bonds is 4. The van der Waals surface area contributed by atoms with Gasteiger partial charge < -0.3 is 10.1 Å². The Labute approximate surface area is 137 Å². The molecule has 0 spiro atoms. The molecule has 1 aliphatic heterocycles. The first kappa shape index (κ1) is 16.2. The summed E-state index contributed by atoms with van der Waals surface area (Å²) in [6.07, 6.45) is 5.76. The number of pyridine rings is 1. The van der Waals surface area contributed by atoms with Gasteiger partial charge in [0.15, 0.2) is 0 Å². The van der Waals surface area contributed by atoms with Crippen molar-refractivity contribution in [2.45, 2.75) is 63.8 Å². The molecule has 3 N–H and O–H groups in total. The summed E-state index contributed by atoms with van der Waals surface area (Å²) < 4.78 is 5.90. The topological polar surface area (TPSA) is 75.3 Å². The highest BCUT2D eigenvalue weighted by Crippen LogP contribution is 2.24. The summed E-state index contributed by atoms with van der Waals surface area (Å²) in [5.41, 5.74) is 6.27. The zero-order valence-electron chi connectivity index (χ0n) is 13.8. The lowest BCUT2D eigenvalue weighted by atomic mass is 9.90. The van der Waals surface area contributed by atoms with Crippen LogP contribution in [0.25, 0.3) is 0 Å². The molecule has 0 bridgehead atoms. The summed E-state index contributed by atoms with van der Waals surface area (Å²) in [4.78, 5) is 16.7. The molecule has 2 heterocycles. The molecule has 2 unspecified atom stereocenters. The lowest BCUT2D eigenvalue weighted by Gasteiger charge is -2.30. The van der Waals surface area contributed by atoms with Gasteiger partial charge in [-0.1, -0.05) is 6.07 Å². The quantitative estimate of drug-likeness (QED) is 0.782. The van der Waals surface area contributed by atoms with Crippen LogP contribution in [0.5, 0.6) is 5.88 Å². The maximum Gasteiger partial charge on any atom is 0.226 e. The number of hydrogen-bond acceptors (Lipinski definition) is 5. The van der Waals surface area contributed by atoms with Crippen LogP contribution < -0.4 is 20.9 Å². The first-order valence-electron chi connectivity index (χ1n) is 8.52. The summed E-state index contributed by atoms with van der Waals surface area (Å²) in [7, 11) is 0. The lowest BCUT2D eigenvalue weighted by molar-refractivity contribution is -0.126. The van der Waals surface area contributed by atoms with E-state index < -0.39 is 0 Å². The van der Waals surface area contributed by atoms with E-state index in [2.05, 4.69) is 21.2 Å². The number of amides is 1. The van der Waals surface area contributed by atoms with E-state index in [9.17, 15) is 4.79 Å². The number of nitrogens with one attached hydrogen (secondary N) is 3. The van der Waals surface area contributed by atoms with Gasteiger partial charge in [0.25, 0.3) is 0 Å². The number of aromatic nitrogens is 1. The van der Waals surface area contributed by atoms with Gasteiger partial charge in [-0.2, -0.15) is 0 Å². The predicted molar refractivity (Wildman–Crippen MR) is 87.7 cm³/mol. The van der Waals surface area contributed by atoms with E-state index in [0.29, 0.717) is 5.88 Å². The molecule has 1 amide bonds. The molecule has 2 fully saturated rings. The average molecular weight is 318 g/mol. The summed E-state index contributed by atoms with van der Waals surface area (Å²) in [5, 5.41) is 3.22. The Hall–Kier alpha value is -1.66. The van der Waals surface area contributed by atoms with Crippen molar-refractivity contribution in [1.29, 1.82) is 0 Å². The molecule has 3 rings (SSSR count). The van der Waals surface area contributed by atoms with Crippen molar-refractivity contribution < 1.29 is 9.53 Å². The molecule has 6 heteroatoms. The second-order valence-electron chi connectivity index (χ2n) is 6.66. The van der Waals surface area contributed by atoms with Crippen molar-refractivity contribution >= 4 is 5.91 Å². The van der Waals surface area contributed by atoms with Crippen molar-refractivity contribution in [2.24, 2.45) is 5.92 Å². The van der Waals surface area contributed by atoms with Crippen LogP contribution in [0.4, 0.5) is 0 Å². The predicted octanol–water partition coefficient (Wildman–Crippen LogP) is 1.39. The molecular weight excluding hydrogens is 292 g/mol. The van der Waals surface area contributed by atoms with Crippen LogP contribution in [0.1, 0.15) is 39.5 Å². The van der Waals surface area contributed by atoms with Crippen molar-refractivity contribution in [2.75, 3.05) is 0 Å². The largest absolute Gasteiger partial charge is 0.474 e. The Balaban J connectivity index is 1.45. The highest BCUT2D eigenvalue weighted by molar-refractivity contribution is 5.80. The van der Waals surface area contributed by atoms with Crippen LogP contribution in [-0.2, 0) is 4.79 Å². The molecule has 23 heavy (non-hydrogen) atoms. The average Bonchev–Trinajstić information content (AvgIpc) is 2.89. The molecule has 1 aliphatic carbocycles. The van der Waals surface area contributed by atoms with Crippen LogP contribution in [0, 0.1) is 5.92 Å². The monoisotopic (exact) mass is 318 g/mol. The minimum atomic E-state index is -0.0162. The van der Waals surface area contributed by atoms with E-state index in [4.69, 9.17) is 4.74 Å². The third-order valence-corrected chi connectivity index (χ3v) is 4.86. The first-order valence-corrected chi connectivity index (χ1v) is 8.52. The molecular formula is C17H26N4O2. The molecule has 0 radical (unpaired) electrons. The smallest absolute Gasteiger partial charge is 0.226 e. The number of ether oxygens (including phenoxy) is 1. The highest BCUT2D eigenvalue weighted by Gasteiger charge is 2.36. The van der Waals surface area contributed by atoms with Crippen molar-refractivity contribution in [3.8, 4) is 5.88 Å². The fourth-order valence-electron chi connectivity index (χ4n) is 3.54. The minimum Gasteiger partial charge on any atom is -0.474 e. The molecule has 0 aromatic carbocycles. The maximum atomic E-state index is 12.5. The molecule has 2 aliphatic rings. The number of carbonyl (C=O) groups is 1. The van der Waals surface area contributed by atoms with Crippen LogP contribution in [-0.4, -0.2) is 35.1 Å². The normalized spacial score (nSPS) is 34.1. The molecule has 126 valence electrons. The van der Waals surface area contributed by atoms with Gasteiger partial charge in [0.1, 0.15) is 6.10 Å². The number of nitrogens with zero attached hydrogens (tertiary/aromatic N) is 1. The van der Waals surface area contributed by atoms with Crippen LogP contribution in [0.15, 0.2) is 24.4 Å². The van der Waals surface area contributed by atoms with Gasteiger partial charge in [0, 0.05) is 30.4 Å². The van der Waals surface area contributed by atoms with Crippen LogP contribution in [0.2, 0.25) is 0 Å². The van der Waals surface area contributed by atoms with Gasteiger partial charge in [-0.25, -0.2) is 4.98 Å². The Morgan fingerprint density at radius 3 is 2.48 bits per heavy atom. The van der Waals surface area contributed by atoms with Crippen LogP contribution in [0.3, 0.4) is 0 Å². The van der Waals surface area contributed by atoms with E-state index >= 15 is 0 Å². The van der Waals surface area contributed by atoms with Gasteiger partial charge in [0.2, 0.25) is 11.8 Å². The number of hydrazine groups is 1. The molecule has 1 aromatic rings. The summed E-state index contributed by atoms with van der Waals surface area (Å²) >= 11 is 0. The Kier molecular flexibility index (Phi) is 5.13. The molecule has 6 nitrogen and oxygen atoms in total. The standard InChI is InChI=1S/C17H26N4O2/c1-11-16(12(2)21-20-11)17(22)19-13-6-8-14(9-7-13)23-15-5-3-4-10-18-15/h3-5,10-14,16,20-21H,6-9H2,1-2H3,(H,19,22). The second-order valence-corrected chi connectivity index (χ2v) is 6.66. The molecule has 1 aromatic heterocycles. The summed E-state index contributed by atoms with van der Waals surface area (Å²) in [6.45, 7) is 4.08. The Morgan fingerprint density at radius 2 is 1.87 bits per heavy atom. The van der Waals surface area contributed by atoms with E-state index in [1.165, 1.54) is 0 Å². The van der Waals surface area contributed by atoms with Crippen molar-refractivity contribution in [3.63, 3.8) is 0 Å². The van der Waals surface area contributed by atoms with Crippen LogP contribution >= 0.6 is 0 Å². The molecule has 1 saturated carbocycles. The van der Waals surface area contributed by atoms with Gasteiger partial charge in [0.05, 0.1) is 5.92 Å². The fourth-order valence-corrected chi connectivity index (χ4v) is 3.54. The maximum absolute atomic E-state index is 12.5. The number of hydrogen-bond donors (Lipinski definition) is 3. The summed E-state index contributed by atoms with van der Waals surface area (Å²) in [6, 6.07) is 6.28. The molecule has 1 saturated heterocycles. The zero-order valence-corrected chi connectivity index (χ0v) is 13.8. The van der Waals surface area contributed by atoms with Crippen molar-refractivity contribution in [3.05, 3.63) is 24.4 Å². The van der Waals surface area contributed by atoms with Gasteiger partial charge in [-0.05, 0) is 45.6 Å². The fraction of sp³-hybridized carbons (Fsp3) is 0.647. The van der Waals surface area contributed by atoms with E-state index in [0.717, 1.165) is 25.7 Å². The lowest BCUT2D eigenvalue weighted by Crippen LogP contribution is -2.46. The second kappa shape index (κ2) is 7.27. The third-order valence-electron chi connectivity index (χ3n) is 4.86. The number of carbonyl (C=O) groups excluding carboxylic acids is 1.